The predicted molar refractivity (Wildman–Crippen MR) is 91.5 cm³/mol. The van der Waals surface area contributed by atoms with Gasteiger partial charge in [-0.3, -0.25) is 5.10 Å². The number of ether oxygens (including phenoxy) is 1. The molecule has 0 amide bonds. The van der Waals surface area contributed by atoms with Crippen molar-refractivity contribution in [2.45, 2.75) is 43.6 Å². The molecule has 0 spiro atoms. The largest absolute Gasteiger partial charge is 0.491 e. The zero-order valence-corrected chi connectivity index (χ0v) is 14.8. The summed E-state index contributed by atoms with van der Waals surface area (Å²) in [7, 11) is -3.48. The number of hydrogen-bond acceptors (Lipinski definition) is 4. The first kappa shape index (κ1) is 17.0. The van der Waals surface area contributed by atoms with Crippen molar-refractivity contribution in [3.05, 3.63) is 42.2 Å². The summed E-state index contributed by atoms with van der Waals surface area (Å²) in [6.45, 7) is 4.93. The maximum absolute atomic E-state index is 12.9. The average molecular weight is 349 g/mol. The molecule has 1 unspecified atom stereocenters. The Morgan fingerprint density at radius 1 is 1.29 bits per heavy atom. The van der Waals surface area contributed by atoms with Gasteiger partial charge in [-0.15, -0.1) is 0 Å². The smallest absolute Gasteiger partial charge is 0.243 e. The van der Waals surface area contributed by atoms with Crippen LogP contribution in [0.15, 0.2) is 41.6 Å². The molecule has 1 saturated heterocycles. The van der Waals surface area contributed by atoms with E-state index in [0.717, 1.165) is 18.4 Å². The van der Waals surface area contributed by atoms with Crippen molar-refractivity contribution in [3.63, 3.8) is 0 Å². The number of aromatic amines is 1. The van der Waals surface area contributed by atoms with Gasteiger partial charge in [-0.25, -0.2) is 8.42 Å². The number of sulfonamides is 1. The van der Waals surface area contributed by atoms with E-state index >= 15 is 0 Å². The normalized spacial score (nSPS) is 19.5. The second-order valence-corrected chi connectivity index (χ2v) is 8.31. The summed E-state index contributed by atoms with van der Waals surface area (Å²) in [5, 5.41) is 6.77. The molecule has 6 nitrogen and oxygen atoms in total. The molecular weight excluding hydrogens is 326 g/mol. The van der Waals surface area contributed by atoms with E-state index in [-0.39, 0.29) is 12.0 Å². The van der Waals surface area contributed by atoms with Crippen LogP contribution in [0.4, 0.5) is 0 Å². The molecular formula is C17H23N3O3S. The van der Waals surface area contributed by atoms with Gasteiger partial charge in [-0.2, -0.15) is 9.40 Å². The molecule has 1 aliphatic rings. The van der Waals surface area contributed by atoms with E-state index in [4.69, 9.17) is 4.74 Å². The second-order valence-electron chi connectivity index (χ2n) is 6.37. The van der Waals surface area contributed by atoms with Crippen LogP contribution in [0.1, 0.15) is 38.2 Å². The summed E-state index contributed by atoms with van der Waals surface area (Å²) < 4.78 is 32.9. The Morgan fingerprint density at radius 2 is 2.04 bits per heavy atom. The molecule has 1 fully saturated rings. The van der Waals surface area contributed by atoms with E-state index in [1.165, 1.54) is 0 Å². The number of hydrogen-bond donors (Lipinski definition) is 1. The molecule has 1 aliphatic heterocycles. The molecule has 130 valence electrons. The zero-order chi connectivity index (χ0) is 17.2. The molecule has 0 saturated carbocycles. The highest BCUT2D eigenvalue weighted by Gasteiger charge is 2.31. The zero-order valence-electron chi connectivity index (χ0n) is 14.0. The van der Waals surface area contributed by atoms with Crippen LogP contribution >= 0.6 is 0 Å². The van der Waals surface area contributed by atoms with E-state index in [2.05, 4.69) is 10.2 Å². The molecule has 3 rings (SSSR count). The standard InChI is InChI=1S/C17H23N3O3S/c1-13(2)23-16-5-7-17(8-6-16)24(21,22)20-9-3-4-14(12-20)15-10-18-19-11-15/h5-8,10-11,13-14H,3-4,9,12H2,1-2H3,(H,18,19). The lowest BCUT2D eigenvalue weighted by atomic mass is 9.94. The van der Waals surface area contributed by atoms with Gasteiger partial charge in [-0.1, -0.05) is 0 Å². The van der Waals surface area contributed by atoms with Gasteiger partial charge in [0.25, 0.3) is 0 Å². The third-order valence-electron chi connectivity index (χ3n) is 4.21. The third kappa shape index (κ3) is 3.62. The van der Waals surface area contributed by atoms with Gasteiger partial charge in [0.15, 0.2) is 0 Å². The van der Waals surface area contributed by atoms with Gasteiger partial charge in [-0.05, 0) is 56.5 Å². The summed E-state index contributed by atoms with van der Waals surface area (Å²) in [6, 6.07) is 6.66. The fourth-order valence-corrected chi connectivity index (χ4v) is 4.55. The fraction of sp³-hybridized carbons (Fsp3) is 0.471. The Bertz CT molecular complexity index is 755. The molecule has 7 heteroatoms. The Hall–Kier alpha value is -1.86. The van der Waals surface area contributed by atoms with Gasteiger partial charge in [0.05, 0.1) is 17.2 Å². The van der Waals surface area contributed by atoms with Crippen molar-refractivity contribution in [3.8, 4) is 5.75 Å². The third-order valence-corrected chi connectivity index (χ3v) is 6.09. The Kier molecular flexibility index (Phi) is 4.91. The van der Waals surface area contributed by atoms with Crippen LogP contribution in [0.25, 0.3) is 0 Å². The quantitative estimate of drug-likeness (QED) is 0.900. The summed E-state index contributed by atoms with van der Waals surface area (Å²) in [4.78, 5) is 0.312. The summed E-state index contributed by atoms with van der Waals surface area (Å²) in [5.41, 5.74) is 1.07. The maximum Gasteiger partial charge on any atom is 0.243 e. The highest BCUT2D eigenvalue weighted by Crippen LogP contribution is 2.30. The van der Waals surface area contributed by atoms with E-state index in [1.54, 1.807) is 34.8 Å². The van der Waals surface area contributed by atoms with Gasteiger partial charge in [0, 0.05) is 25.2 Å². The minimum Gasteiger partial charge on any atom is -0.491 e. The fourth-order valence-electron chi connectivity index (χ4n) is 3.03. The molecule has 24 heavy (non-hydrogen) atoms. The molecule has 0 bridgehead atoms. The van der Waals surface area contributed by atoms with Crippen LogP contribution in [0, 0.1) is 0 Å². The van der Waals surface area contributed by atoms with Crippen molar-refractivity contribution in [2.24, 2.45) is 0 Å². The van der Waals surface area contributed by atoms with Crippen LogP contribution in [-0.2, 0) is 10.0 Å². The molecule has 1 aromatic carbocycles. The number of aromatic nitrogens is 2. The highest BCUT2D eigenvalue weighted by atomic mass is 32.2. The first-order chi connectivity index (χ1) is 11.5. The molecule has 1 N–H and O–H groups in total. The van der Waals surface area contributed by atoms with Crippen LogP contribution in [-0.4, -0.2) is 42.1 Å². The lowest BCUT2D eigenvalue weighted by Crippen LogP contribution is -2.39. The Morgan fingerprint density at radius 3 is 2.67 bits per heavy atom. The predicted octanol–water partition coefficient (Wildman–Crippen LogP) is 2.77. The minimum atomic E-state index is -3.48. The molecule has 0 radical (unpaired) electrons. The number of piperidine rings is 1. The van der Waals surface area contributed by atoms with Crippen molar-refractivity contribution in [2.75, 3.05) is 13.1 Å². The number of benzene rings is 1. The van der Waals surface area contributed by atoms with E-state index in [1.807, 2.05) is 20.0 Å². The van der Waals surface area contributed by atoms with Crippen molar-refractivity contribution < 1.29 is 13.2 Å². The molecule has 0 aliphatic carbocycles. The molecule has 1 aromatic heterocycles. The monoisotopic (exact) mass is 349 g/mol. The Labute approximate surface area is 142 Å². The maximum atomic E-state index is 12.9. The van der Waals surface area contributed by atoms with Crippen molar-refractivity contribution in [1.82, 2.24) is 14.5 Å². The van der Waals surface area contributed by atoms with Crippen LogP contribution < -0.4 is 4.74 Å². The molecule has 2 heterocycles. The Balaban J connectivity index is 1.77. The lowest BCUT2D eigenvalue weighted by Gasteiger charge is -2.31. The van der Waals surface area contributed by atoms with Crippen molar-refractivity contribution >= 4 is 10.0 Å². The van der Waals surface area contributed by atoms with E-state index in [9.17, 15) is 8.42 Å². The SMILES string of the molecule is CC(C)Oc1ccc(S(=O)(=O)N2CCCC(c3cn[nH]c3)C2)cc1. The minimum absolute atomic E-state index is 0.0604. The van der Waals surface area contributed by atoms with Crippen LogP contribution in [0.5, 0.6) is 5.75 Å². The topological polar surface area (TPSA) is 75.3 Å². The average Bonchev–Trinajstić information content (AvgIpc) is 3.09. The molecule has 1 atom stereocenters. The summed E-state index contributed by atoms with van der Waals surface area (Å²) >= 11 is 0. The van der Waals surface area contributed by atoms with Gasteiger partial charge in [0.2, 0.25) is 10.0 Å². The van der Waals surface area contributed by atoms with Crippen LogP contribution in [0.3, 0.4) is 0 Å². The lowest BCUT2D eigenvalue weighted by molar-refractivity contribution is 0.242. The van der Waals surface area contributed by atoms with E-state index < -0.39 is 10.0 Å². The summed E-state index contributed by atoms with van der Waals surface area (Å²) in [5.74, 6) is 0.870. The van der Waals surface area contributed by atoms with E-state index in [0.29, 0.717) is 23.7 Å². The first-order valence-electron chi connectivity index (χ1n) is 8.22. The number of nitrogens with one attached hydrogen (secondary N) is 1. The number of H-pyrrole nitrogens is 1. The number of rotatable bonds is 5. The summed E-state index contributed by atoms with van der Waals surface area (Å²) in [6.07, 6.45) is 5.51. The van der Waals surface area contributed by atoms with Crippen molar-refractivity contribution in [1.29, 1.82) is 0 Å². The second kappa shape index (κ2) is 6.94. The van der Waals surface area contributed by atoms with Gasteiger partial charge < -0.3 is 4.74 Å². The van der Waals surface area contributed by atoms with Gasteiger partial charge in [0.1, 0.15) is 5.75 Å². The highest BCUT2D eigenvalue weighted by molar-refractivity contribution is 7.89. The van der Waals surface area contributed by atoms with Gasteiger partial charge >= 0.3 is 0 Å². The van der Waals surface area contributed by atoms with Crippen LogP contribution in [0.2, 0.25) is 0 Å². The number of nitrogens with zero attached hydrogens (tertiary/aromatic N) is 2. The molecule has 2 aromatic rings. The first-order valence-corrected chi connectivity index (χ1v) is 9.66.